The molecule has 126 valence electrons. The molecule has 24 heavy (non-hydrogen) atoms. The molecule has 0 aliphatic heterocycles. The highest BCUT2D eigenvalue weighted by Crippen LogP contribution is 2.24. The molecule has 3 heterocycles. The molecule has 7 heteroatoms. The average Bonchev–Trinajstić information content (AvgIpc) is 3.01. The fraction of sp³-hybridized carbons (Fsp3) is 0.294. The number of nitrogens with zero attached hydrogens (tertiary/aromatic N) is 3. The molecular formula is C17H20N4O2S. The molecule has 0 bridgehead atoms. The summed E-state index contributed by atoms with van der Waals surface area (Å²) in [4.78, 5) is 11.8. The Morgan fingerprint density at radius 2 is 2.00 bits per heavy atom. The van der Waals surface area contributed by atoms with Crippen LogP contribution in [0.4, 0.5) is 5.82 Å². The summed E-state index contributed by atoms with van der Waals surface area (Å²) in [5.41, 5.74) is 4.13. The zero-order chi connectivity index (χ0) is 17.3. The number of fused-ring (bicyclic) bond motifs is 1. The topological polar surface area (TPSA) is 79.0 Å². The van der Waals surface area contributed by atoms with Crippen molar-refractivity contribution in [1.29, 1.82) is 0 Å². The predicted octanol–water partition coefficient (Wildman–Crippen LogP) is 2.45. The van der Waals surface area contributed by atoms with E-state index in [9.17, 15) is 8.42 Å². The fourth-order valence-electron chi connectivity index (χ4n) is 2.82. The number of aromatic nitrogens is 3. The largest absolute Gasteiger partial charge is 0.346 e. The van der Waals surface area contributed by atoms with Gasteiger partial charge in [-0.2, -0.15) is 0 Å². The maximum Gasteiger partial charge on any atom is 0.233 e. The van der Waals surface area contributed by atoms with E-state index in [-0.39, 0.29) is 0 Å². The number of nitrogens with one attached hydrogen (secondary N) is 1. The van der Waals surface area contributed by atoms with Gasteiger partial charge in [0.15, 0.2) is 0 Å². The van der Waals surface area contributed by atoms with Crippen LogP contribution in [0.1, 0.15) is 16.7 Å². The van der Waals surface area contributed by atoms with Crippen molar-refractivity contribution in [3.8, 4) is 0 Å². The maximum atomic E-state index is 11.8. The van der Waals surface area contributed by atoms with E-state index < -0.39 is 10.0 Å². The molecule has 0 saturated heterocycles. The van der Waals surface area contributed by atoms with Gasteiger partial charge in [-0.3, -0.25) is 4.31 Å². The number of anilines is 1. The number of aromatic amines is 1. The lowest BCUT2D eigenvalue weighted by molar-refractivity contribution is 0.599. The molecule has 0 fully saturated rings. The molecule has 0 unspecified atom stereocenters. The Kier molecular flexibility index (Phi) is 4.28. The van der Waals surface area contributed by atoms with Crippen LogP contribution < -0.4 is 4.31 Å². The Bertz CT molecular complexity index is 979. The molecule has 0 atom stereocenters. The maximum absolute atomic E-state index is 11.8. The quantitative estimate of drug-likeness (QED) is 0.771. The minimum absolute atomic E-state index is 0.483. The number of sulfonamides is 1. The molecule has 0 aromatic carbocycles. The molecule has 0 aliphatic carbocycles. The number of hydrogen-bond acceptors (Lipinski definition) is 4. The Morgan fingerprint density at radius 1 is 1.21 bits per heavy atom. The van der Waals surface area contributed by atoms with Crippen molar-refractivity contribution in [1.82, 2.24) is 15.0 Å². The van der Waals surface area contributed by atoms with Crippen molar-refractivity contribution in [2.75, 3.05) is 17.6 Å². The van der Waals surface area contributed by atoms with Gasteiger partial charge in [-0.15, -0.1) is 0 Å². The number of aryl methyl sites for hydroxylation is 3. The number of pyridine rings is 2. The standard InChI is InChI=1S/C17H20N4O2S/c1-12-11-20-16-15(8-10-18-16)14(12)7-6-13-5-4-9-19-17(13)21(2)24(3,22)23/h4-5,8-11H,6-7H2,1-3H3,(H,18,20). The lowest BCUT2D eigenvalue weighted by Gasteiger charge is -2.19. The van der Waals surface area contributed by atoms with E-state index in [1.165, 1.54) is 23.2 Å². The summed E-state index contributed by atoms with van der Waals surface area (Å²) in [7, 11) is -1.81. The second-order valence-electron chi connectivity index (χ2n) is 5.88. The van der Waals surface area contributed by atoms with Crippen LogP contribution in [-0.2, 0) is 22.9 Å². The zero-order valence-electron chi connectivity index (χ0n) is 13.9. The summed E-state index contributed by atoms with van der Waals surface area (Å²) >= 11 is 0. The minimum Gasteiger partial charge on any atom is -0.346 e. The normalized spacial score (nSPS) is 11.8. The molecule has 0 saturated carbocycles. The van der Waals surface area contributed by atoms with E-state index in [2.05, 4.69) is 15.0 Å². The SMILES string of the molecule is Cc1cnc2[nH]ccc2c1CCc1cccnc1N(C)S(C)(=O)=O. The minimum atomic E-state index is -3.34. The summed E-state index contributed by atoms with van der Waals surface area (Å²) in [5.74, 6) is 0.483. The monoisotopic (exact) mass is 344 g/mol. The second kappa shape index (κ2) is 6.24. The molecule has 3 aromatic rings. The van der Waals surface area contributed by atoms with Crippen molar-refractivity contribution in [2.24, 2.45) is 0 Å². The highest BCUT2D eigenvalue weighted by molar-refractivity contribution is 7.92. The first-order valence-electron chi connectivity index (χ1n) is 7.67. The van der Waals surface area contributed by atoms with Crippen LogP contribution in [-0.4, -0.2) is 36.7 Å². The van der Waals surface area contributed by atoms with E-state index in [1.54, 1.807) is 6.20 Å². The Morgan fingerprint density at radius 3 is 2.75 bits per heavy atom. The first kappa shape index (κ1) is 16.4. The van der Waals surface area contributed by atoms with Gasteiger partial charge in [-0.25, -0.2) is 18.4 Å². The van der Waals surface area contributed by atoms with E-state index >= 15 is 0 Å². The summed E-state index contributed by atoms with van der Waals surface area (Å²) in [5, 5.41) is 1.11. The van der Waals surface area contributed by atoms with Gasteiger partial charge in [0.1, 0.15) is 11.5 Å². The first-order valence-corrected chi connectivity index (χ1v) is 9.52. The molecule has 3 aromatic heterocycles. The molecule has 6 nitrogen and oxygen atoms in total. The second-order valence-corrected chi connectivity index (χ2v) is 7.89. The molecule has 0 radical (unpaired) electrons. The molecular weight excluding hydrogens is 324 g/mol. The van der Waals surface area contributed by atoms with E-state index in [4.69, 9.17) is 0 Å². The van der Waals surface area contributed by atoms with Crippen LogP contribution in [0.5, 0.6) is 0 Å². The van der Waals surface area contributed by atoms with Crippen LogP contribution >= 0.6 is 0 Å². The summed E-state index contributed by atoms with van der Waals surface area (Å²) in [6, 6.07) is 5.78. The molecule has 0 spiro atoms. The van der Waals surface area contributed by atoms with E-state index in [0.717, 1.165) is 28.6 Å². The van der Waals surface area contributed by atoms with E-state index in [1.807, 2.05) is 37.5 Å². The molecule has 0 aliphatic rings. The highest BCUT2D eigenvalue weighted by atomic mass is 32.2. The van der Waals surface area contributed by atoms with Gasteiger partial charge in [0.25, 0.3) is 0 Å². The van der Waals surface area contributed by atoms with Gasteiger partial charge >= 0.3 is 0 Å². The average molecular weight is 344 g/mol. The highest BCUT2D eigenvalue weighted by Gasteiger charge is 2.17. The van der Waals surface area contributed by atoms with Crippen LogP contribution in [0.2, 0.25) is 0 Å². The number of hydrogen-bond donors (Lipinski definition) is 1. The smallest absolute Gasteiger partial charge is 0.233 e. The lowest BCUT2D eigenvalue weighted by atomic mass is 10.00. The summed E-state index contributed by atoms with van der Waals surface area (Å²) in [6.45, 7) is 2.04. The predicted molar refractivity (Wildman–Crippen MR) is 95.7 cm³/mol. The van der Waals surface area contributed by atoms with Gasteiger partial charge in [-0.05, 0) is 48.6 Å². The van der Waals surface area contributed by atoms with Crippen molar-refractivity contribution < 1.29 is 8.42 Å². The summed E-state index contributed by atoms with van der Waals surface area (Å²) < 4.78 is 24.9. The first-order chi connectivity index (χ1) is 11.4. The lowest BCUT2D eigenvalue weighted by Crippen LogP contribution is -2.27. The van der Waals surface area contributed by atoms with Gasteiger partial charge in [0.05, 0.1) is 6.26 Å². The third kappa shape index (κ3) is 3.12. The van der Waals surface area contributed by atoms with Crippen LogP contribution in [0, 0.1) is 6.92 Å². The van der Waals surface area contributed by atoms with Crippen LogP contribution in [0.3, 0.4) is 0 Å². The fourth-order valence-corrected chi connectivity index (χ4v) is 3.30. The number of H-pyrrole nitrogens is 1. The van der Waals surface area contributed by atoms with Crippen molar-refractivity contribution >= 4 is 26.9 Å². The molecule has 3 rings (SSSR count). The zero-order valence-corrected chi connectivity index (χ0v) is 14.8. The van der Waals surface area contributed by atoms with Gasteiger partial charge in [-0.1, -0.05) is 6.07 Å². The third-order valence-electron chi connectivity index (χ3n) is 4.22. The van der Waals surface area contributed by atoms with Gasteiger partial charge < -0.3 is 4.98 Å². The summed E-state index contributed by atoms with van der Waals surface area (Å²) in [6.07, 6.45) is 8.03. The van der Waals surface area contributed by atoms with Crippen LogP contribution in [0.25, 0.3) is 11.0 Å². The molecule has 1 N–H and O–H groups in total. The van der Waals surface area contributed by atoms with Gasteiger partial charge in [0.2, 0.25) is 10.0 Å². The van der Waals surface area contributed by atoms with Crippen molar-refractivity contribution in [2.45, 2.75) is 19.8 Å². The number of rotatable bonds is 5. The van der Waals surface area contributed by atoms with Crippen molar-refractivity contribution in [3.05, 3.63) is 53.5 Å². The van der Waals surface area contributed by atoms with Crippen molar-refractivity contribution in [3.63, 3.8) is 0 Å². The van der Waals surface area contributed by atoms with E-state index in [0.29, 0.717) is 12.2 Å². The van der Waals surface area contributed by atoms with Crippen LogP contribution in [0.15, 0.2) is 36.8 Å². The Hall–Kier alpha value is -2.41. The third-order valence-corrected chi connectivity index (χ3v) is 5.39. The molecule has 0 amide bonds. The van der Waals surface area contributed by atoms with Gasteiger partial charge in [0, 0.05) is 31.0 Å². The Labute approximate surface area is 141 Å². The Balaban J connectivity index is 1.93.